The summed E-state index contributed by atoms with van der Waals surface area (Å²) in [6.07, 6.45) is 8.29. The highest BCUT2D eigenvalue weighted by Gasteiger charge is 2.26. The highest BCUT2D eigenvalue weighted by Crippen LogP contribution is 2.31. The van der Waals surface area contributed by atoms with Gasteiger partial charge in [-0.1, -0.05) is 42.7 Å². The predicted octanol–water partition coefficient (Wildman–Crippen LogP) is 6.12. The Kier molecular flexibility index (Phi) is 10.3. The SMILES string of the molecule is COc1ccc2nc(/C=C\c3ccc(Cl)cc3)cc(NC3CCCCC3NC(=N)N)c2c1.Cl.Cl. The molecule has 1 fully saturated rings. The van der Waals surface area contributed by atoms with Crippen molar-refractivity contribution in [3.8, 4) is 5.75 Å². The van der Waals surface area contributed by atoms with Crippen LogP contribution in [0.1, 0.15) is 36.9 Å². The highest BCUT2D eigenvalue weighted by atomic mass is 35.5. The number of nitrogens with one attached hydrogen (secondary N) is 3. The third-order valence-corrected chi connectivity index (χ3v) is 6.05. The Morgan fingerprint density at radius 3 is 2.44 bits per heavy atom. The predicted molar refractivity (Wildman–Crippen MR) is 148 cm³/mol. The zero-order chi connectivity index (χ0) is 22.5. The van der Waals surface area contributed by atoms with Crippen LogP contribution in [0.4, 0.5) is 5.69 Å². The van der Waals surface area contributed by atoms with Crippen LogP contribution in [-0.2, 0) is 0 Å². The number of hydrogen-bond acceptors (Lipinski definition) is 4. The molecule has 4 rings (SSSR count). The Labute approximate surface area is 217 Å². The number of halogens is 3. The molecule has 1 heterocycles. The van der Waals surface area contributed by atoms with Gasteiger partial charge in [0.15, 0.2) is 5.96 Å². The van der Waals surface area contributed by atoms with Crippen molar-refractivity contribution < 1.29 is 4.74 Å². The smallest absolute Gasteiger partial charge is 0.185 e. The van der Waals surface area contributed by atoms with Gasteiger partial charge < -0.3 is 21.1 Å². The molecule has 1 saturated carbocycles. The van der Waals surface area contributed by atoms with E-state index in [-0.39, 0.29) is 42.9 Å². The van der Waals surface area contributed by atoms with Gasteiger partial charge in [-0.05, 0) is 60.9 Å². The molecule has 0 amide bonds. The summed E-state index contributed by atoms with van der Waals surface area (Å²) in [5.74, 6) is 0.797. The number of methoxy groups -OCH3 is 1. The molecule has 2 unspecified atom stereocenters. The van der Waals surface area contributed by atoms with Gasteiger partial charge in [-0.25, -0.2) is 4.98 Å². The number of pyridine rings is 1. The van der Waals surface area contributed by atoms with Crippen molar-refractivity contribution in [3.05, 3.63) is 64.8 Å². The summed E-state index contributed by atoms with van der Waals surface area (Å²) < 4.78 is 5.45. The van der Waals surface area contributed by atoms with E-state index < -0.39 is 0 Å². The lowest BCUT2D eigenvalue weighted by molar-refractivity contribution is 0.377. The summed E-state index contributed by atoms with van der Waals surface area (Å²) in [7, 11) is 1.67. The van der Waals surface area contributed by atoms with Gasteiger partial charge in [0.05, 0.1) is 18.3 Å². The molecule has 1 aromatic heterocycles. The van der Waals surface area contributed by atoms with Crippen LogP contribution in [0.15, 0.2) is 48.5 Å². The summed E-state index contributed by atoms with van der Waals surface area (Å²) in [6.45, 7) is 0. The maximum absolute atomic E-state index is 7.66. The summed E-state index contributed by atoms with van der Waals surface area (Å²) in [6, 6.07) is 16.0. The molecule has 2 atom stereocenters. The first-order valence-electron chi connectivity index (χ1n) is 10.8. The van der Waals surface area contributed by atoms with Crippen molar-refractivity contribution in [2.45, 2.75) is 37.8 Å². The zero-order valence-electron chi connectivity index (χ0n) is 18.9. The lowest BCUT2D eigenvalue weighted by atomic mass is 9.90. The molecule has 5 N–H and O–H groups in total. The van der Waals surface area contributed by atoms with E-state index in [1.165, 1.54) is 0 Å². The molecule has 1 aliphatic rings. The van der Waals surface area contributed by atoms with Gasteiger partial charge in [0.2, 0.25) is 0 Å². The fraction of sp³-hybridized carbons (Fsp3) is 0.280. The number of anilines is 1. The van der Waals surface area contributed by atoms with Gasteiger partial charge in [0.1, 0.15) is 5.75 Å². The van der Waals surface area contributed by atoms with E-state index in [0.717, 1.165) is 59.3 Å². The first-order chi connectivity index (χ1) is 15.5. The molecule has 9 heteroatoms. The van der Waals surface area contributed by atoms with Crippen molar-refractivity contribution >= 4 is 71.1 Å². The number of benzene rings is 2. The number of nitrogens with zero attached hydrogens (tertiary/aromatic N) is 1. The number of nitrogens with two attached hydrogens (primary N) is 1. The maximum Gasteiger partial charge on any atom is 0.185 e. The van der Waals surface area contributed by atoms with E-state index in [9.17, 15) is 0 Å². The Morgan fingerprint density at radius 1 is 1.06 bits per heavy atom. The maximum atomic E-state index is 7.66. The topological polar surface area (TPSA) is 96.0 Å². The summed E-state index contributed by atoms with van der Waals surface area (Å²) in [5.41, 5.74) is 9.42. The minimum atomic E-state index is 0. The van der Waals surface area contributed by atoms with E-state index >= 15 is 0 Å². The second kappa shape index (κ2) is 12.7. The molecule has 0 bridgehead atoms. The quantitative estimate of drug-likeness (QED) is 0.231. The second-order valence-electron chi connectivity index (χ2n) is 8.06. The van der Waals surface area contributed by atoms with E-state index in [1.807, 2.05) is 54.6 Å². The minimum absolute atomic E-state index is 0. The van der Waals surface area contributed by atoms with Crippen LogP contribution in [-0.4, -0.2) is 30.1 Å². The molecule has 1 aliphatic carbocycles. The van der Waals surface area contributed by atoms with Crippen molar-refractivity contribution in [2.75, 3.05) is 12.4 Å². The largest absolute Gasteiger partial charge is 0.497 e. The second-order valence-corrected chi connectivity index (χ2v) is 8.50. The lowest BCUT2D eigenvalue weighted by Crippen LogP contribution is -2.50. The average molecular weight is 523 g/mol. The monoisotopic (exact) mass is 521 g/mol. The Hall–Kier alpha value is -2.67. The molecule has 0 spiro atoms. The van der Waals surface area contributed by atoms with Crippen LogP contribution in [0, 0.1) is 5.41 Å². The summed E-state index contributed by atoms with van der Waals surface area (Å²) in [4.78, 5) is 4.83. The average Bonchev–Trinajstić information content (AvgIpc) is 2.79. The summed E-state index contributed by atoms with van der Waals surface area (Å²) >= 11 is 5.99. The fourth-order valence-corrected chi connectivity index (χ4v) is 4.31. The first kappa shape index (κ1) is 27.6. The number of aromatic nitrogens is 1. The van der Waals surface area contributed by atoms with E-state index in [2.05, 4.69) is 16.7 Å². The van der Waals surface area contributed by atoms with Crippen LogP contribution in [0.3, 0.4) is 0 Å². The van der Waals surface area contributed by atoms with Gasteiger partial charge in [0, 0.05) is 28.2 Å². The van der Waals surface area contributed by atoms with Crippen molar-refractivity contribution in [2.24, 2.45) is 5.73 Å². The fourth-order valence-electron chi connectivity index (χ4n) is 4.19. The first-order valence-corrected chi connectivity index (χ1v) is 11.2. The normalized spacial score (nSPS) is 17.5. The van der Waals surface area contributed by atoms with Gasteiger partial charge in [-0.15, -0.1) is 24.8 Å². The third-order valence-electron chi connectivity index (χ3n) is 5.80. The van der Waals surface area contributed by atoms with Gasteiger partial charge in [0.25, 0.3) is 0 Å². The van der Waals surface area contributed by atoms with Crippen LogP contribution in [0.2, 0.25) is 5.02 Å². The molecule has 3 aromatic rings. The van der Waals surface area contributed by atoms with Gasteiger partial charge in [-0.3, -0.25) is 5.41 Å². The number of rotatable bonds is 6. The molecule has 0 saturated heterocycles. The molecule has 2 aromatic carbocycles. The van der Waals surface area contributed by atoms with Crippen molar-refractivity contribution in [1.29, 1.82) is 5.41 Å². The van der Waals surface area contributed by atoms with Crippen LogP contribution in [0.25, 0.3) is 23.1 Å². The third kappa shape index (κ3) is 6.92. The lowest BCUT2D eigenvalue weighted by Gasteiger charge is -2.34. The van der Waals surface area contributed by atoms with Crippen LogP contribution in [0.5, 0.6) is 5.75 Å². The van der Waals surface area contributed by atoms with Crippen LogP contribution >= 0.6 is 36.4 Å². The van der Waals surface area contributed by atoms with E-state index in [1.54, 1.807) is 7.11 Å². The van der Waals surface area contributed by atoms with Gasteiger partial charge >= 0.3 is 0 Å². The standard InChI is InChI=1S/C25H28ClN5O.2ClH/c1-32-19-12-13-21-20(15-19)24(30-22-4-2-3-5-23(22)31-25(27)28)14-18(29-21)11-8-16-6-9-17(26)10-7-16;;/h6-15,22-23H,2-5H2,1H3,(H,29,30)(H4,27,28,31);2*1H/b11-8-;;. The number of hydrogen-bond donors (Lipinski definition) is 4. The van der Waals surface area contributed by atoms with Crippen molar-refractivity contribution in [1.82, 2.24) is 10.3 Å². The van der Waals surface area contributed by atoms with Crippen LogP contribution < -0.4 is 21.1 Å². The van der Waals surface area contributed by atoms with E-state index in [4.69, 9.17) is 32.5 Å². The van der Waals surface area contributed by atoms with Crippen molar-refractivity contribution in [3.63, 3.8) is 0 Å². The molecule has 6 nitrogen and oxygen atoms in total. The molecular formula is C25H30Cl3N5O. The highest BCUT2D eigenvalue weighted by molar-refractivity contribution is 6.30. The Bertz CT molecular complexity index is 1140. The Morgan fingerprint density at radius 2 is 1.76 bits per heavy atom. The molecule has 34 heavy (non-hydrogen) atoms. The van der Waals surface area contributed by atoms with E-state index in [0.29, 0.717) is 5.02 Å². The molecular weight excluding hydrogens is 493 g/mol. The number of fused-ring (bicyclic) bond motifs is 1. The molecule has 182 valence electrons. The number of guanidine groups is 1. The summed E-state index contributed by atoms with van der Waals surface area (Å²) in [5, 5.41) is 16.2. The Balaban J connectivity index is 0.00000204. The van der Waals surface area contributed by atoms with Gasteiger partial charge in [-0.2, -0.15) is 0 Å². The molecule has 0 aliphatic heterocycles. The zero-order valence-corrected chi connectivity index (χ0v) is 21.3. The number of ether oxygens (including phenoxy) is 1. The molecule has 0 radical (unpaired) electrons. The minimum Gasteiger partial charge on any atom is -0.497 e.